The van der Waals surface area contributed by atoms with Crippen molar-refractivity contribution in [1.82, 2.24) is 9.88 Å². The van der Waals surface area contributed by atoms with Gasteiger partial charge in [0.1, 0.15) is 0 Å². The Morgan fingerprint density at radius 1 is 1.14 bits per heavy atom. The highest BCUT2D eigenvalue weighted by molar-refractivity contribution is 5.90. The number of hydrogen-bond donors (Lipinski definition) is 1. The minimum Gasteiger partial charge on any atom is -0.463 e. The van der Waals surface area contributed by atoms with Crippen molar-refractivity contribution in [3.8, 4) is 0 Å². The molecule has 0 spiro atoms. The Kier molecular flexibility index (Phi) is 4.19. The average molecular weight is 372 g/mol. The van der Waals surface area contributed by atoms with Crippen LogP contribution >= 0.6 is 0 Å². The first-order chi connectivity index (χ1) is 13.8. The molecule has 28 heavy (non-hydrogen) atoms. The Morgan fingerprint density at radius 2 is 1.93 bits per heavy atom. The molecule has 0 saturated heterocycles. The molecule has 0 amide bonds. The molecule has 3 aromatic rings. The smallest absolute Gasteiger partial charge is 0.336 e. The minimum atomic E-state index is -0.197. The van der Waals surface area contributed by atoms with Gasteiger partial charge in [-0.25, -0.2) is 4.79 Å². The van der Waals surface area contributed by atoms with Gasteiger partial charge < -0.3 is 14.6 Å². The van der Waals surface area contributed by atoms with E-state index in [1.54, 1.807) is 0 Å². The van der Waals surface area contributed by atoms with Crippen LogP contribution in [-0.4, -0.2) is 29.0 Å². The van der Waals surface area contributed by atoms with E-state index in [0.717, 1.165) is 25.0 Å². The van der Waals surface area contributed by atoms with Crippen LogP contribution in [0.2, 0.25) is 0 Å². The molecule has 0 radical (unpaired) electrons. The Labute approximate surface area is 164 Å². The van der Waals surface area contributed by atoms with Gasteiger partial charge in [-0.05, 0) is 37.0 Å². The second kappa shape index (κ2) is 6.86. The molecule has 2 aliphatic heterocycles. The number of fused-ring (bicyclic) bond motifs is 5. The number of hydrogen-bond acceptors (Lipinski definition) is 3. The summed E-state index contributed by atoms with van der Waals surface area (Å²) < 4.78 is 5.39. The molecule has 3 heterocycles. The van der Waals surface area contributed by atoms with E-state index in [9.17, 15) is 4.79 Å². The van der Waals surface area contributed by atoms with Crippen molar-refractivity contribution >= 4 is 16.9 Å². The van der Waals surface area contributed by atoms with E-state index in [-0.39, 0.29) is 17.9 Å². The van der Waals surface area contributed by atoms with Gasteiger partial charge in [-0.15, -0.1) is 0 Å². The third kappa shape index (κ3) is 2.71. The van der Waals surface area contributed by atoms with E-state index in [2.05, 4.69) is 52.5 Å². The second-order valence-electron chi connectivity index (χ2n) is 7.57. The zero-order valence-corrected chi connectivity index (χ0v) is 16.0. The number of aromatic amines is 1. The van der Waals surface area contributed by atoms with Crippen LogP contribution in [0.3, 0.4) is 0 Å². The topological polar surface area (TPSA) is 45.3 Å². The van der Waals surface area contributed by atoms with Crippen LogP contribution in [0.15, 0.2) is 66.4 Å². The fourth-order valence-corrected chi connectivity index (χ4v) is 4.77. The zero-order chi connectivity index (χ0) is 19.1. The molecule has 142 valence electrons. The highest BCUT2D eigenvalue weighted by Gasteiger charge is 2.38. The number of esters is 1. The van der Waals surface area contributed by atoms with Crippen LogP contribution in [0.4, 0.5) is 0 Å². The molecule has 2 aromatic carbocycles. The van der Waals surface area contributed by atoms with Gasteiger partial charge in [-0.2, -0.15) is 0 Å². The second-order valence-corrected chi connectivity index (χ2v) is 7.57. The fourth-order valence-electron chi connectivity index (χ4n) is 4.77. The number of para-hydroxylation sites is 1. The lowest BCUT2D eigenvalue weighted by Crippen LogP contribution is -2.37. The molecular formula is C24H24N2O2. The molecule has 4 nitrogen and oxygen atoms in total. The summed E-state index contributed by atoms with van der Waals surface area (Å²) in [6.07, 6.45) is 3.91. The molecule has 0 unspecified atom stereocenters. The normalized spacial score (nSPS) is 21.0. The van der Waals surface area contributed by atoms with Gasteiger partial charge in [0.25, 0.3) is 0 Å². The van der Waals surface area contributed by atoms with E-state index < -0.39 is 0 Å². The standard InChI is InChI=1S/C24H24N2O2/c1-2-28-24(27)20-15-26-13-12-18-17-10-6-7-11-21(17)25-23(18)22(26)14-19(20)16-8-4-3-5-9-16/h3-11,15,19,22,25H,2,12-14H2,1H3/t19-,22-/m1/s1. The fraction of sp³-hybridized carbons (Fsp3) is 0.292. The van der Waals surface area contributed by atoms with Crippen LogP contribution < -0.4 is 0 Å². The van der Waals surface area contributed by atoms with Crippen LogP contribution in [0.1, 0.15) is 42.1 Å². The first-order valence-electron chi connectivity index (χ1n) is 10.0. The Bertz CT molecular complexity index is 1050. The van der Waals surface area contributed by atoms with Gasteiger partial charge in [0.05, 0.1) is 18.2 Å². The van der Waals surface area contributed by atoms with Crippen molar-refractivity contribution in [2.75, 3.05) is 13.2 Å². The lowest BCUT2D eigenvalue weighted by molar-refractivity contribution is -0.139. The molecule has 5 rings (SSSR count). The lowest BCUT2D eigenvalue weighted by Gasteiger charge is -2.41. The third-order valence-electron chi connectivity index (χ3n) is 6.05. The Balaban J connectivity index is 1.60. The van der Waals surface area contributed by atoms with E-state index in [0.29, 0.717) is 6.61 Å². The van der Waals surface area contributed by atoms with E-state index in [1.807, 2.05) is 25.1 Å². The predicted octanol–water partition coefficient (Wildman–Crippen LogP) is 4.70. The summed E-state index contributed by atoms with van der Waals surface area (Å²) in [4.78, 5) is 18.7. The number of H-pyrrole nitrogens is 1. The van der Waals surface area contributed by atoms with E-state index in [1.165, 1.54) is 27.7 Å². The van der Waals surface area contributed by atoms with Gasteiger partial charge in [-0.3, -0.25) is 0 Å². The quantitative estimate of drug-likeness (QED) is 0.678. The van der Waals surface area contributed by atoms with E-state index in [4.69, 9.17) is 4.74 Å². The largest absolute Gasteiger partial charge is 0.463 e. The summed E-state index contributed by atoms with van der Waals surface area (Å²) in [5, 5.41) is 1.33. The number of nitrogens with zero attached hydrogens (tertiary/aromatic N) is 1. The number of ether oxygens (including phenoxy) is 1. The van der Waals surface area contributed by atoms with Gasteiger partial charge in [0.15, 0.2) is 0 Å². The molecule has 2 atom stereocenters. The number of carbonyl (C=O) groups is 1. The number of rotatable bonds is 3. The van der Waals surface area contributed by atoms with Gasteiger partial charge in [-0.1, -0.05) is 48.5 Å². The molecule has 4 heteroatoms. The Hall–Kier alpha value is -3.01. The summed E-state index contributed by atoms with van der Waals surface area (Å²) in [6.45, 7) is 3.18. The maximum Gasteiger partial charge on any atom is 0.336 e. The molecule has 1 aromatic heterocycles. The first-order valence-corrected chi connectivity index (χ1v) is 10.0. The maximum absolute atomic E-state index is 12.7. The number of benzene rings is 2. The SMILES string of the molecule is CCOC(=O)C1=CN2CCc3c([nH]c4ccccc34)[C@H]2C[C@@H]1c1ccccc1. The lowest BCUT2D eigenvalue weighted by atomic mass is 9.80. The molecule has 0 saturated carbocycles. The summed E-state index contributed by atoms with van der Waals surface area (Å²) in [6, 6.07) is 19.1. The van der Waals surface area contributed by atoms with Gasteiger partial charge >= 0.3 is 5.97 Å². The molecule has 0 bridgehead atoms. The number of aromatic nitrogens is 1. The number of carbonyl (C=O) groups excluding carboxylic acids is 1. The van der Waals surface area contributed by atoms with Crippen molar-refractivity contribution in [2.24, 2.45) is 0 Å². The van der Waals surface area contributed by atoms with Crippen molar-refractivity contribution in [3.63, 3.8) is 0 Å². The number of nitrogens with one attached hydrogen (secondary N) is 1. The van der Waals surface area contributed by atoms with Gasteiger partial charge in [0.2, 0.25) is 0 Å². The van der Waals surface area contributed by atoms with Crippen molar-refractivity contribution in [1.29, 1.82) is 0 Å². The highest BCUT2D eigenvalue weighted by Crippen LogP contribution is 2.45. The summed E-state index contributed by atoms with van der Waals surface area (Å²) in [5.74, 6) is -0.156. The predicted molar refractivity (Wildman–Crippen MR) is 110 cm³/mol. The molecule has 1 N–H and O–H groups in total. The van der Waals surface area contributed by atoms with Crippen LogP contribution in [0.5, 0.6) is 0 Å². The van der Waals surface area contributed by atoms with Crippen LogP contribution in [-0.2, 0) is 16.0 Å². The van der Waals surface area contributed by atoms with Crippen LogP contribution in [0.25, 0.3) is 10.9 Å². The average Bonchev–Trinajstić information content (AvgIpc) is 3.13. The monoisotopic (exact) mass is 372 g/mol. The zero-order valence-electron chi connectivity index (χ0n) is 16.0. The van der Waals surface area contributed by atoms with E-state index >= 15 is 0 Å². The minimum absolute atomic E-state index is 0.0406. The molecular weight excluding hydrogens is 348 g/mol. The van der Waals surface area contributed by atoms with Crippen molar-refractivity contribution in [2.45, 2.75) is 31.7 Å². The maximum atomic E-state index is 12.7. The Morgan fingerprint density at radius 3 is 2.75 bits per heavy atom. The van der Waals surface area contributed by atoms with Crippen molar-refractivity contribution in [3.05, 3.63) is 83.2 Å². The summed E-state index contributed by atoms with van der Waals surface area (Å²) in [7, 11) is 0. The molecule has 0 fully saturated rings. The summed E-state index contributed by atoms with van der Waals surface area (Å²) >= 11 is 0. The summed E-state index contributed by atoms with van der Waals surface area (Å²) in [5.41, 5.74) is 5.86. The van der Waals surface area contributed by atoms with Crippen LogP contribution in [0, 0.1) is 0 Å². The van der Waals surface area contributed by atoms with Gasteiger partial charge in [0, 0.05) is 35.3 Å². The first kappa shape index (κ1) is 17.1. The van der Waals surface area contributed by atoms with Crippen molar-refractivity contribution < 1.29 is 9.53 Å². The highest BCUT2D eigenvalue weighted by atomic mass is 16.5. The molecule has 2 aliphatic rings. The third-order valence-corrected chi connectivity index (χ3v) is 6.05. The molecule has 0 aliphatic carbocycles.